The Kier molecular flexibility index (Phi) is 8.60. The van der Waals surface area contributed by atoms with Crippen molar-refractivity contribution in [2.24, 2.45) is 0 Å². The lowest BCUT2D eigenvalue weighted by atomic mass is 9.97. The highest BCUT2D eigenvalue weighted by atomic mass is 35.5. The lowest BCUT2D eigenvalue weighted by Gasteiger charge is -2.43. The average molecular weight is 561 g/mol. The number of thioether (sulfide) groups is 1. The summed E-state index contributed by atoms with van der Waals surface area (Å²) in [5, 5.41) is 34.9. The van der Waals surface area contributed by atoms with Gasteiger partial charge in [0.1, 0.15) is 51.3 Å². The van der Waals surface area contributed by atoms with Crippen molar-refractivity contribution < 1.29 is 24.5 Å². The number of pyridine rings is 1. The smallest absolute Gasteiger partial charge is 0.271 e. The predicted molar refractivity (Wildman–Crippen MR) is 131 cm³/mol. The Labute approximate surface area is 218 Å². The summed E-state index contributed by atoms with van der Waals surface area (Å²) >= 11 is 14.5. The number of aliphatic hydroxyl groups excluding tert-OH is 2. The molecule has 35 heavy (non-hydrogen) atoms. The van der Waals surface area contributed by atoms with Gasteiger partial charge < -0.3 is 25.0 Å². The van der Waals surface area contributed by atoms with Crippen LogP contribution in [0.5, 0.6) is 0 Å². The van der Waals surface area contributed by atoms with E-state index in [9.17, 15) is 15.0 Å². The SMILES string of the molecule is CCNC(=O)c1ncc(Cl)cc1S[C@H]1OC(CO)[C@H](O)C(n2cc(-c3nc(Cl)cs3)nn2)C1OC. The zero-order valence-corrected chi connectivity index (χ0v) is 21.7. The first kappa shape index (κ1) is 26.2. The summed E-state index contributed by atoms with van der Waals surface area (Å²) in [6.45, 7) is 1.77. The minimum Gasteiger partial charge on any atom is -0.394 e. The molecule has 0 aliphatic carbocycles. The number of nitrogens with one attached hydrogen (secondary N) is 1. The molecule has 0 spiro atoms. The Balaban J connectivity index is 1.67. The third-order valence-electron chi connectivity index (χ3n) is 5.22. The first-order valence-electron chi connectivity index (χ1n) is 10.5. The summed E-state index contributed by atoms with van der Waals surface area (Å²) < 4.78 is 13.2. The number of ether oxygens (including phenoxy) is 2. The van der Waals surface area contributed by atoms with E-state index in [1.807, 2.05) is 0 Å². The molecule has 1 amide bonds. The molecule has 5 atom stereocenters. The van der Waals surface area contributed by atoms with Crippen LogP contribution >= 0.6 is 46.3 Å². The molecule has 0 saturated carbocycles. The van der Waals surface area contributed by atoms with Crippen molar-refractivity contribution in [1.29, 1.82) is 0 Å². The van der Waals surface area contributed by atoms with Gasteiger partial charge in [0.15, 0.2) is 0 Å². The largest absolute Gasteiger partial charge is 0.394 e. The van der Waals surface area contributed by atoms with E-state index in [0.717, 1.165) is 11.8 Å². The van der Waals surface area contributed by atoms with Gasteiger partial charge in [0.05, 0.1) is 17.8 Å². The van der Waals surface area contributed by atoms with Gasteiger partial charge in [0.2, 0.25) is 0 Å². The number of carbonyl (C=O) groups excluding carboxylic acids is 1. The van der Waals surface area contributed by atoms with Gasteiger partial charge in [-0.25, -0.2) is 14.6 Å². The maximum atomic E-state index is 12.5. The van der Waals surface area contributed by atoms with Crippen LogP contribution in [-0.2, 0) is 9.47 Å². The summed E-state index contributed by atoms with van der Waals surface area (Å²) in [4.78, 5) is 21.4. The molecule has 1 saturated heterocycles. The van der Waals surface area contributed by atoms with Crippen molar-refractivity contribution in [3.63, 3.8) is 0 Å². The molecule has 0 aromatic carbocycles. The van der Waals surface area contributed by atoms with Crippen molar-refractivity contribution >= 4 is 52.2 Å². The van der Waals surface area contributed by atoms with Gasteiger partial charge >= 0.3 is 0 Å². The number of thiazole rings is 1. The van der Waals surface area contributed by atoms with Crippen LogP contribution in [0.3, 0.4) is 0 Å². The van der Waals surface area contributed by atoms with E-state index in [1.54, 1.807) is 24.6 Å². The fraction of sp³-hybridized carbons (Fsp3) is 0.450. The summed E-state index contributed by atoms with van der Waals surface area (Å²) in [7, 11) is 1.47. The fourth-order valence-electron chi connectivity index (χ4n) is 3.65. The first-order chi connectivity index (χ1) is 16.9. The molecule has 3 unspecified atom stereocenters. The Hall–Kier alpha value is -1.84. The normalized spacial score (nSPS) is 24.5. The van der Waals surface area contributed by atoms with Gasteiger partial charge in [-0.3, -0.25) is 4.79 Å². The second kappa shape index (κ2) is 11.5. The molecule has 11 nitrogen and oxygen atoms in total. The molecule has 4 heterocycles. The minimum absolute atomic E-state index is 0.173. The summed E-state index contributed by atoms with van der Waals surface area (Å²) in [6, 6.07) is 0.827. The number of hydrogen-bond donors (Lipinski definition) is 3. The van der Waals surface area contributed by atoms with Gasteiger partial charge in [-0.05, 0) is 13.0 Å². The Bertz CT molecular complexity index is 1180. The minimum atomic E-state index is -1.17. The van der Waals surface area contributed by atoms with Crippen molar-refractivity contribution in [1.82, 2.24) is 30.3 Å². The number of aromatic nitrogens is 5. The number of methoxy groups -OCH3 is 1. The van der Waals surface area contributed by atoms with Crippen LogP contribution in [0.2, 0.25) is 10.2 Å². The molecule has 1 fully saturated rings. The number of carbonyl (C=O) groups is 1. The molecule has 3 aromatic heterocycles. The van der Waals surface area contributed by atoms with E-state index in [2.05, 4.69) is 25.6 Å². The number of halogens is 2. The lowest BCUT2D eigenvalue weighted by molar-refractivity contribution is -0.186. The molecular weight excluding hydrogens is 539 g/mol. The fourth-order valence-corrected chi connectivity index (χ4v) is 6.08. The van der Waals surface area contributed by atoms with E-state index in [1.165, 1.54) is 29.3 Å². The quantitative estimate of drug-likeness (QED) is 0.375. The standard InChI is InChI=1S/C20H22Cl2N6O5S2/c1-3-23-18(31)14-12(4-9(21)5-24-14)35-20-17(32-2)15(16(30)11(7-29)33-20)28-6-10(26-27-28)19-25-13(22)8-34-19/h4-6,8,11,15-17,20,29-30H,3,7H2,1-2H3,(H,23,31)/t11?,15?,16-,17?,20+/m0/s1. The van der Waals surface area contributed by atoms with Crippen molar-refractivity contribution in [3.8, 4) is 10.7 Å². The zero-order valence-electron chi connectivity index (χ0n) is 18.5. The van der Waals surface area contributed by atoms with Crippen LogP contribution in [0, 0.1) is 0 Å². The highest BCUT2D eigenvalue weighted by Gasteiger charge is 2.48. The second-order valence-electron chi connectivity index (χ2n) is 7.44. The monoisotopic (exact) mass is 560 g/mol. The third kappa shape index (κ3) is 5.62. The van der Waals surface area contributed by atoms with Gasteiger partial charge in [-0.2, -0.15) is 0 Å². The predicted octanol–water partition coefficient (Wildman–Crippen LogP) is 2.28. The summed E-state index contributed by atoms with van der Waals surface area (Å²) in [5.74, 6) is -0.366. The Morgan fingerprint density at radius 1 is 1.43 bits per heavy atom. The highest BCUT2D eigenvalue weighted by Crippen LogP contribution is 2.41. The van der Waals surface area contributed by atoms with Crippen LogP contribution < -0.4 is 5.32 Å². The number of hydrogen-bond acceptors (Lipinski definition) is 11. The topological polar surface area (TPSA) is 145 Å². The van der Waals surface area contributed by atoms with E-state index < -0.39 is 36.4 Å². The summed E-state index contributed by atoms with van der Waals surface area (Å²) in [6.07, 6.45) is 0.129. The number of amides is 1. The molecule has 188 valence electrons. The van der Waals surface area contributed by atoms with Crippen LogP contribution in [0.15, 0.2) is 28.7 Å². The van der Waals surface area contributed by atoms with Gasteiger partial charge in [0, 0.05) is 30.1 Å². The molecule has 0 radical (unpaired) electrons. The van der Waals surface area contributed by atoms with E-state index in [0.29, 0.717) is 32.3 Å². The van der Waals surface area contributed by atoms with E-state index >= 15 is 0 Å². The molecule has 3 aromatic rings. The third-order valence-corrected chi connectivity index (χ3v) is 7.79. The van der Waals surface area contributed by atoms with Crippen molar-refractivity contribution in [2.45, 2.75) is 41.6 Å². The molecule has 1 aliphatic heterocycles. The zero-order chi connectivity index (χ0) is 25.1. The Morgan fingerprint density at radius 3 is 2.89 bits per heavy atom. The second-order valence-corrected chi connectivity index (χ2v) is 10.3. The molecule has 3 N–H and O–H groups in total. The van der Waals surface area contributed by atoms with Crippen LogP contribution in [0.1, 0.15) is 23.5 Å². The Morgan fingerprint density at radius 2 is 2.23 bits per heavy atom. The maximum Gasteiger partial charge on any atom is 0.271 e. The number of rotatable bonds is 8. The maximum absolute atomic E-state index is 12.5. The van der Waals surface area contributed by atoms with Gasteiger partial charge in [-0.15, -0.1) is 16.4 Å². The van der Waals surface area contributed by atoms with Gasteiger partial charge in [-0.1, -0.05) is 40.2 Å². The first-order valence-corrected chi connectivity index (χ1v) is 13.0. The van der Waals surface area contributed by atoms with Crippen LogP contribution in [0.4, 0.5) is 0 Å². The number of nitrogens with zero attached hydrogens (tertiary/aromatic N) is 5. The molecule has 15 heteroatoms. The highest BCUT2D eigenvalue weighted by molar-refractivity contribution is 8.00. The van der Waals surface area contributed by atoms with Gasteiger partial charge in [0.25, 0.3) is 5.91 Å². The number of aliphatic hydroxyl groups is 2. The van der Waals surface area contributed by atoms with Crippen molar-refractivity contribution in [2.75, 3.05) is 20.3 Å². The molecule has 0 bridgehead atoms. The van der Waals surface area contributed by atoms with Crippen LogP contribution in [0.25, 0.3) is 10.7 Å². The van der Waals surface area contributed by atoms with Crippen LogP contribution in [-0.4, -0.2) is 85.1 Å². The van der Waals surface area contributed by atoms with E-state index in [-0.39, 0.29) is 11.6 Å². The van der Waals surface area contributed by atoms with E-state index in [4.69, 9.17) is 32.7 Å². The van der Waals surface area contributed by atoms with Crippen molar-refractivity contribution in [3.05, 3.63) is 39.7 Å². The summed E-state index contributed by atoms with van der Waals surface area (Å²) in [5.41, 5.74) is -0.120. The molecule has 1 aliphatic rings. The average Bonchev–Trinajstić information content (AvgIpc) is 3.49. The molecular formula is C20H22Cl2N6O5S2. The lowest BCUT2D eigenvalue weighted by Crippen LogP contribution is -2.55. The molecule has 4 rings (SSSR count).